The van der Waals surface area contributed by atoms with Gasteiger partial charge in [0.25, 0.3) is 0 Å². The van der Waals surface area contributed by atoms with Gasteiger partial charge in [-0.2, -0.15) is 0 Å². The highest BCUT2D eigenvalue weighted by molar-refractivity contribution is 5.50. The number of halogens is 1. The summed E-state index contributed by atoms with van der Waals surface area (Å²) in [6, 6.07) is 5.03. The molecule has 1 aromatic carbocycles. The maximum atomic E-state index is 12.8. The molecule has 0 radical (unpaired) electrons. The van der Waals surface area contributed by atoms with Gasteiger partial charge in [-0.15, -0.1) is 0 Å². The topological polar surface area (TPSA) is 9.23 Å². The summed E-state index contributed by atoms with van der Waals surface area (Å²) in [5, 5.41) is 0. The summed E-state index contributed by atoms with van der Waals surface area (Å²) in [5.74, 6) is -0.163. The summed E-state index contributed by atoms with van der Waals surface area (Å²) in [5.41, 5.74) is 1.66. The average molecular weight is 180 g/mol. The molecule has 1 aromatic rings. The number of rotatable bonds is 3. The highest BCUT2D eigenvalue weighted by Crippen LogP contribution is 2.10. The van der Waals surface area contributed by atoms with Crippen LogP contribution >= 0.6 is 0 Å². The van der Waals surface area contributed by atoms with Crippen LogP contribution in [-0.2, 0) is 4.74 Å². The van der Waals surface area contributed by atoms with Crippen molar-refractivity contribution < 1.29 is 9.13 Å². The summed E-state index contributed by atoms with van der Waals surface area (Å²) >= 11 is 0. The average Bonchev–Trinajstić information content (AvgIpc) is 2.12. The van der Waals surface area contributed by atoms with E-state index in [1.807, 2.05) is 18.2 Å². The van der Waals surface area contributed by atoms with E-state index in [9.17, 15) is 4.39 Å². The number of hydrogen-bond acceptors (Lipinski definition) is 1. The number of aryl methyl sites for hydroxylation is 1. The molecule has 0 unspecified atom stereocenters. The van der Waals surface area contributed by atoms with Gasteiger partial charge >= 0.3 is 0 Å². The molecule has 0 N–H and O–H groups in total. The summed E-state index contributed by atoms with van der Waals surface area (Å²) in [4.78, 5) is 0. The Balaban J connectivity index is 2.73. The maximum absolute atomic E-state index is 12.8. The van der Waals surface area contributed by atoms with Crippen molar-refractivity contribution in [1.82, 2.24) is 0 Å². The molecule has 2 heteroatoms. The van der Waals surface area contributed by atoms with E-state index in [4.69, 9.17) is 4.74 Å². The van der Waals surface area contributed by atoms with Crippen LogP contribution in [-0.4, -0.2) is 13.7 Å². The van der Waals surface area contributed by atoms with Gasteiger partial charge in [0.15, 0.2) is 0 Å². The monoisotopic (exact) mass is 180 g/mol. The second kappa shape index (κ2) is 4.77. The molecular formula is C11H13FO. The second-order valence-electron chi connectivity index (χ2n) is 2.87. The SMILES string of the molecule is COCC=Cc1ccc(F)c(C)c1. The Labute approximate surface area is 77.8 Å². The third kappa shape index (κ3) is 2.99. The summed E-state index contributed by atoms with van der Waals surface area (Å²) in [7, 11) is 1.64. The Morgan fingerprint density at radius 3 is 2.85 bits per heavy atom. The first-order valence-corrected chi connectivity index (χ1v) is 4.15. The van der Waals surface area contributed by atoms with Crippen molar-refractivity contribution in [3.05, 3.63) is 41.2 Å². The molecule has 0 aliphatic heterocycles. The molecule has 1 rings (SSSR count). The smallest absolute Gasteiger partial charge is 0.126 e. The normalized spacial score (nSPS) is 11.0. The molecular weight excluding hydrogens is 167 g/mol. The van der Waals surface area contributed by atoms with Crippen molar-refractivity contribution >= 4 is 6.08 Å². The van der Waals surface area contributed by atoms with E-state index >= 15 is 0 Å². The largest absolute Gasteiger partial charge is 0.381 e. The molecule has 0 aromatic heterocycles. The molecule has 0 spiro atoms. The number of hydrogen-bond donors (Lipinski definition) is 0. The first-order valence-electron chi connectivity index (χ1n) is 4.15. The summed E-state index contributed by atoms with van der Waals surface area (Å²) in [6.07, 6.45) is 3.81. The Kier molecular flexibility index (Phi) is 3.65. The van der Waals surface area contributed by atoms with E-state index in [0.717, 1.165) is 5.56 Å². The Morgan fingerprint density at radius 1 is 1.46 bits per heavy atom. The fourth-order valence-electron chi connectivity index (χ4n) is 1.05. The van der Waals surface area contributed by atoms with Crippen LogP contribution in [0.5, 0.6) is 0 Å². The molecule has 0 aliphatic rings. The highest BCUT2D eigenvalue weighted by Gasteiger charge is 1.95. The Hall–Kier alpha value is -1.15. The predicted molar refractivity (Wildman–Crippen MR) is 52.0 cm³/mol. The van der Waals surface area contributed by atoms with Gasteiger partial charge in [-0.1, -0.05) is 18.2 Å². The lowest BCUT2D eigenvalue weighted by atomic mass is 10.1. The Bertz CT molecular complexity index is 305. The molecule has 1 nitrogen and oxygen atoms in total. The zero-order chi connectivity index (χ0) is 9.68. The standard InChI is InChI=1S/C11H13FO/c1-9-8-10(4-3-7-13-2)5-6-11(9)12/h3-6,8H,7H2,1-2H3. The van der Waals surface area contributed by atoms with E-state index in [1.165, 1.54) is 6.07 Å². The van der Waals surface area contributed by atoms with Gasteiger partial charge in [0, 0.05) is 7.11 Å². The van der Waals surface area contributed by atoms with Crippen LogP contribution in [0.1, 0.15) is 11.1 Å². The predicted octanol–water partition coefficient (Wildman–Crippen LogP) is 2.79. The number of benzene rings is 1. The van der Waals surface area contributed by atoms with Gasteiger partial charge < -0.3 is 4.74 Å². The van der Waals surface area contributed by atoms with Crippen molar-refractivity contribution in [3.63, 3.8) is 0 Å². The molecule has 0 heterocycles. The molecule has 0 atom stereocenters. The lowest BCUT2D eigenvalue weighted by molar-refractivity contribution is 0.234. The molecule has 13 heavy (non-hydrogen) atoms. The fraction of sp³-hybridized carbons (Fsp3) is 0.273. The third-order valence-electron chi connectivity index (χ3n) is 1.76. The lowest BCUT2D eigenvalue weighted by Gasteiger charge is -1.97. The van der Waals surface area contributed by atoms with Gasteiger partial charge in [0.2, 0.25) is 0 Å². The van der Waals surface area contributed by atoms with Gasteiger partial charge in [-0.25, -0.2) is 4.39 Å². The van der Waals surface area contributed by atoms with E-state index in [0.29, 0.717) is 12.2 Å². The fourth-order valence-corrected chi connectivity index (χ4v) is 1.05. The van der Waals surface area contributed by atoms with Crippen molar-refractivity contribution in [3.8, 4) is 0 Å². The van der Waals surface area contributed by atoms with Crippen LogP contribution in [0.4, 0.5) is 4.39 Å². The van der Waals surface area contributed by atoms with Gasteiger partial charge in [0.1, 0.15) is 5.82 Å². The first kappa shape index (κ1) is 9.93. The molecule has 0 fully saturated rings. The Morgan fingerprint density at radius 2 is 2.23 bits per heavy atom. The van der Waals surface area contributed by atoms with Crippen LogP contribution in [0.2, 0.25) is 0 Å². The minimum atomic E-state index is -0.163. The van der Waals surface area contributed by atoms with Crippen molar-refractivity contribution in [2.45, 2.75) is 6.92 Å². The van der Waals surface area contributed by atoms with Crippen molar-refractivity contribution in [2.24, 2.45) is 0 Å². The van der Waals surface area contributed by atoms with Crippen LogP contribution in [0.3, 0.4) is 0 Å². The molecule has 0 amide bonds. The zero-order valence-corrected chi connectivity index (χ0v) is 7.88. The van der Waals surface area contributed by atoms with Crippen LogP contribution in [0.25, 0.3) is 6.08 Å². The van der Waals surface area contributed by atoms with Crippen molar-refractivity contribution in [1.29, 1.82) is 0 Å². The van der Waals surface area contributed by atoms with E-state index < -0.39 is 0 Å². The third-order valence-corrected chi connectivity index (χ3v) is 1.76. The first-order chi connectivity index (χ1) is 6.24. The van der Waals surface area contributed by atoms with E-state index in [2.05, 4.69) is 0 Å². The van der Waals surface area contributed by atoms with E-state index in [-0.39, 0.29) is 5.82 Å². The van der Waals surface area contributed by atoms with Gasteiger partial charge in [0.05, 0.1) is 6.61 Å². The number of ether oxygens (including phenoxy) is 1. The van der Waals surface area contributed by atoms with Gasteiger partial charge in [-0.05, 0) is 30.2 Å². The summed E-state index contributed by atoms with van der Waals surface area (Å²) in [6.45, 7) is 2.33. The van der Waals surface area contributed by atoms with Crippen LogP contribution in [0.15, 0.2) is 24.3 Å². The quantitative estimate of drug-likeness (QED) is 0.695. The second-order valence-corrected chi connectivity index (χ2v) is 2.87. The highest BCUT2D eigenvalue weighted by atomic mass is 19.1. The minimum absolute atomic E-state index is 0.163. The number of methoxy groups -OCH3 is 1. The maximum Gasteiger partial charge on any atom is 0.126 e. The van der Waals surface area contributed by atoms with Crippen LogP contribution < -0.4 is 0 Å². The molecule has 0 saturated carbocycles. The molecule has 0 saturated heterocycles. The molecule has 0 bridgehead atoms. The zero-order valence-electron chi connectivity index (χ0n) is 7.88. The van der Waals surface area contributed by atoms with Crippen LogP contribution in [0, 0.1) is 12.7 Å². The summed E-state index contributed by atoms with van der Waals surface area (Å²) < 4.78 is 17.7. The van der Waals surface area contributed by atoms with Crippen molar-refractivity contribution in [2.75, 3.05) is 13.7 Å². The van der Waals surface area contributed by atoms with Gasteiger partial charge in [-0.3, -0.25) is 0 Å². The van der Waals surface area contributed by atoms with E-state index in [1.54, 1.807) is 20.1 Å². The molecule has 70 valence electrons. The molecule has 0 aliphatic carbocycles. The minimum Gasteiger partial charge on any atom is -0.381 e. The lowest BCUT2D eigenvalue weighted by Crippen LogP contribution is -1.84.